The molecule has 3 fully saturated rings. The molecule has 4 amide bonds. The first-order valence-corrected chi connectivity index (χ1v) is 17.3. The van der Waals surface area contributed by atoms with E-state index in [2.05, 4.69) is 16.1 Å². The zero-order valence-corrected chi connectivity index (χ0v) is 28.4. The highest BCUT2D eigenvalue weighted by molar-refractivity contribution is 5.92. The molecule has 1 aromatic heterocycles. The number of phenols is 1. The van der Waals surface area contributed by atoms with Gasteiger partial charge in [0.2, 0.25) is 11.8 Å². The monoisotopic (exact) mass is 706 g/mol. The van der Waals surface area contributed by atoms with E-state index >= 15 is 0 Å². The highest BCUT2D eigenvalue weighted by Crippen LogP contribution is 2.31. The number of hydrogen-bond donors (Lipinski definition) is 2. The molecule has 3 aliphatic heterocycles. The number of fused-ring (bicyclic) bond motifs is 2. The number of carbonyl (C=O) groups is 3. The number of amides is 4. The Kier molecular flexibility index (Phi) is 11.4. The predicted octanol–water partition coefficient (Wildman–Crippen LogP) is 2.89. The number of nitrogens with zero attached hydrogens (tertiary/aromatic N) is 7. The number of ether oxygens (including phenoxy) is 1. The number of phenolic OH excluding ortho intramolecular Hbond substituents is 1. The second kappa shape index (κ2) is 16.3. The van der Waals surface area contributed by atoms with Gasteiger partial charge >= 0.3 is 6.03 Å². The van der Waals surface area contributed by atoms with Gasteiger partial charge in [-0.2, -0.15) is 10.1 Å². The van der Waals surface area contributed by atoms with E-state index < -0.39 is 18.2 Å². The van der Waals surface area contributed by atoms with Gasteiger partial charge in [-0.05, 0) is 34.9 Å². The molecule has 52 heavy (non-hydrogen) atoms. The summed E-state index contributed by atoms with van der Waals surface area (Å²) < 4.78 is 7.49. The molecule has 4 aromatic rings. The molecule has 0 unspecified atom stereocenters. The zero-order valence-electron chi connectivity index (χ0n) is 28.4. The lowest BCUT2D eigenvalue weighted by Gasteiger charge is -2.55. The quantitative estimate of drug-likeness (QED) is 0.241. The van der Waals surface area contributed by atoms with Crippen LogP contribution in [0.4, 0.5) is 4.79 Å². The Morgan fingerprint density at radius 3 is 2.50 bits per heavy atom. The molecule has 13 heteroatoms. The van der Waals surface area contributed by atoms with Gasteiger partial charge < -0.3 is 25.0 Å². The van der Waals surface area contributed by atoms with Gasteiger partial charge in [0, 0.05) is 44.5 Å². The van der Waals surface area contributed by atoms with Gasteiger partial charge in [-0.1, -0.05) is 67.9 Å². The average molecular weight is 707 g/mol. The van der Waals surface area contributed by atoms with Crippen LogP contribution in [0.1, 0.15) is 24.1 Å². The Balaban J connectivity index is 0.00000464. The van der Waals surface area contributed by atoms with Crippen LogP contribution >= 0.6 is 0 Å². The number of aromatic hydroxyl groups is 1. The number of nitrogens with one attached hydrogen (secondary N) is 1. The second-order valence-electron chi connectivity index (χ2n) is 13.1. The number of morpholine rings is 1. The molecule has 0 radical (unpaired) electrons. The first-order chi connectivity index (χ1) is 24.9. The molecular weight excluding hydrogens is 660 g/mol. The normalized spacial score (nSPS) is 19.6. The third-order valence-corrected chi connectivity index (χ3v) is 9.83. The van der Waals surface area contributed by atoms with Crippen LogP contribution in [0.15, 0.2) is 79.0 Å². The van der Waals surface area contributed by atoms with Crippen molar-refractivity contribution in [1.82, 2.24) is 39.8 Å². The largest absolute Gasteiger partial charge is 0.508 e. The fourth-order valence-electron chi connectivity index (χ4n) is 7.24. The van der Waals surface area contributed by atoms with Crippen molar-refractivity contribution >= 4 is 28.7 Å². The highest BCUT2D eigenvalue weighted by Gasteiger charge is 2.51. The molecule has 2 N–H and O–H groups in total. The van der Waals surface area contributed by atoms with Gasteiger partial charge in [0.05, 0.1) is 51.1 Å². The molecule has 7 rings (SSSR count). The summed E-state index contributed by atoms with van der Waals surface area (Å²) in [5.41, 5.74) is 3.58. The third-order valence-electron chi connectivity index (χ3n) is 9.83. The first kappa shape index (κ1) is 36.4. The van der Waals surface area contributed by atoms with E-state index in [9.17, 15) is 19.5 Å². The minimum absolute atomic E-state index is 0. The van der Waals surface area contributed by atoms with Crippen molar-refractivity contribution in [3.05, 3.63) is 95.7 Å². The van der Waals surface area contributed by atoms with Crippen molar-refractivity contribution in [3.8, 4) is 18.1 Å². The summed E-state index contributed by atoms with van der Waals surface area (Å²) in [6.07, 6.45) is 6.97. The van der Waals surface area contributed by atoms with Gasteiger partial charge in [0.25, 0.3) is 0 Å². The number of hydrazine groups is 1. The summed E-state index contributed by atoms with van der Waals surface area (Å²) in [6, 6.07) is 20.9. The number of aromatic nitrogens is 2. The molecule has 13 nitrogen and oxygen atoms in total. The Bertz CT molecular complexity index is 1900. The summed E-state index contributed by atoms with van der Waals surface area (Å²) in [5.74, 6) is 2.18. The molecule has 0 saturated carbocycles. The standard InChI is InChI=1S/C38H42N8O5.CH4/c1-2-15-43-27-36(48)45-34(22-28-11-13-31(47)14-12-28)37(49)42(26-35(45)46(43)38(50)39-23-29-7-4-3-5-8-29)25-30-9-6-10-33-32(30)24-40-44(33)17-16-41-18-20-51-21-19-41;/h1,3-14,24,34-35,47H,15-23,25-27H2,(H,39,50);1H4/t34-,35-;/m0./s1. The molecule has 3 aliphatic rings. The smallest absolute Gasteiger partial charge is 0.334 e. The predicted molar refractivity (Wildman–Crippen MR) is 196 cm³/mol. The highest BCUT2D eigenvalue weighted by atomic mass is 16.5. The molecular formula is C39H46N8O5. The van der Waals surface area contributed by atoms with E-state index in [-0.39, 0.29) is 64.1 Å². The number of piperazine rings is 1. The van der Waals surface area contributed by atoms with Crippen LogP contribution in [0.2, 0.25) is 0 Å². The molecule has 0 spiro atoms. The van der Waals surface area contributed by atoms with Crippen molar-refractivity contribution < 1.29 is 24.2 Å². The fourth-order valence-corrected chi connectivity index (χ4v) is 7.24. The number of carbonyl (C=O) groups excluding carboxylic acids is 3. The maximum absolute atomic E-state index is 14.5. The number of rotatable bonds is 10. The van der Waals surface area contributed by atoms with Gasteiger partial charge in [-0.3, -0.25) is 19.2 Å². The summed E-state index contributed by atoms with van der Waals surface area (Å²) in [5, 5.41) is 21.7. The lowest BCUT2D eigenvalue weighted by molar-refractivity contribution is -0.189. The van der Waals surface area contributed by atoms with Crippen LogP contribution in [-0.2, 0) is 40.4 Å². The van der Waals surface area contributed by atoms with Crippen LogP contribution in [-0.4, -0.2) is 122 Å². The van der Waals surface area contributed by atoms with Crippen molar-refractivity contribution in [2.45, 2.75) is 45.7 Å². The third kappa shape index (κ3) is 7.74. The Morgan fingerprint density at radius 1 is 0.981 bits per heavy atom. The Hall–Kier alpha value is -5.42. The summed E-state index contributed by atoms with van der Waals surface area (Å²) in [7, 11) is 0. The van der Waals surface area contributed by atoms with Crippen molar-refractivity contribution in [2.24, 2.45) is 0 Å². The van der Waals surface area contributed by atoms with E-state index in [1.165, 1.54) is 5.01 Å². The lowest BCUT2D eigenvalue weighted by atomic mass is 9.98. The maximum atomic E-state index is 14.5. The van der Waals surface area contributed by atoms with Gasteiger partial charge in [0.1, 0.15) is 18.0 Å². The second-order valence-corrected chi connectivity index (χ2v) is 13.1. The van der Waals surface area contributed by atoms with Gasteiger partial charge in [-0.25, -0.2) is 9.80 Å². The van der Waals surface area contributed by atoms with Crippen LogP contribution in [0.3, 0.4) is 0 Å². The van der Waals surface area contributed by atoms with E-state index in [4.69, 9.17) is 16.3 Å². The number of benzene rings is 3. The number of hydrogen-bond acceptors (Lipinski definition) is 8. The first-order valence-electron chi connectivity index (χ1n) is 17.3. The lowest BCUT2D eigenvalue weighted by Crippen LogP contribution is -2.76. The van der Waals surface area contributed by atoms with Gasteiger partial charge in [-0.15, -0.1) is 6.42 Å². The van der Waals surface area contributed by atoms with Crippen molar-refractivity contribution in [2.75, 3.05) is 52.5 Å². The summed E-state index contributed by atoms with van der Waals surface area (Å²) in [4.78, 5) is 48.1. The minimum atomic E-state index is -0.895. The topological polar surface area (TPSA) is 127 Å². The van der Waals surface area contributed by atoms with E-state index in [1.807, 2.05) is 59.4 Å². The van der Waals surface area contributed by atoms with E-state index in [0.717, 1.165) is 67.0 Å². The number of urea groups is 1. The maximum Gasteiger partial charge on any atom is 0.334 e. The minimum Gasteiger partial charge on any atom is -0.508 e. The SMILES string of the molecule is C.C#CCN1CC(=O)N2[C@@H](Cc3ccc(O)cc3)C(=O)N(Cc3cccc4c3cnn4CCN3CCOCC3)C[C@@H]2N1C(=O)NCc1ccccc1. The molecule has 0 aliphatic carbocycles. The zero-order chi connectivity index (χ0) is 35.3. The van der Waals surface area contributed by atoms with Crippen molar-refractivity contribution in [3.63, 3.8) is 0 Å². The average Bonchev–Trinajstić information content (AvgIpc) is 3.57. The molecule has 3 aromatic carbocycles. The van der Waals surface area contributed by atoms with Gasteiger partial charge in [0.15, 0.2) is 0 Å². The molecule has 0 bridgehead atoms. The fraction of sp³-hybridized carbons (Fsp3) is 0.385. The van der Waals surface area contributed by atoms with Crippen LogP contribution < -0.4 is 5.32 Å². The number of terminal acetylenes is 1. The Labute approximate surface area is 304 Å². The van der Waals surface area contributed by atoms with Crippen LogP contribution in [0, 0.1) is 12.3 Å². The molecule has 3 saturated heterocycles. The van der Waals surface area contributed by atoms with Crippen molar-refractivity contribution in [1.29, 1.82) is 0 Å². The summed E-state index contributed by atoms with van der Waals surface area (Å²) >= 11 is 0. The summed E-state index contributed by atoms with van der Waals surface area (Å²) in [6.45, 7) is 5.34. The molecule has 272 valence electrons. The van der Waals surface area contributed by atoms with Crippen LogP contribution in [0.25, 0.3) is 10.9 Å². The van der Waals surface area contributed by atoms with Crippen LogP contribution in [0.5, 0.6) is 5.75 Å². The van der Waals surface area contributed by atoms with E-state index in [1.54, 1.807) is 39.1 Å². The van der Waals surface area contributed by atoms with E-state index in [0.29, 0.717) is 0 Å². The Morgan fingerprint density at radius 2 is 1.75 bits per heavy atom. The molecule has 2 atom stereocenters. The molecule has 4 heterocycles.